The second kappa shape index (κ2) is 8.41. The first-order valence-corrected chi connectivity index (χ1v) is 10.7. The minimum atomic E-state index is -3.65. The topological polar surface area (TPSA) is 84.4 Å². The van der Waals surface area contributed by atoms with Crippen molar-refractivity contribution in [3.8, 4) is 5.88 Å². The van der Waals surface area contributed by atoms with Crippen LogP contribution in [0.15, 0.2) is 29.2 Å². The zero-order chi connectivity index (χ0) is 19.4. The van der Waals surface area contributed by atoms with Gasteiger partial charge >= 0.3 is 0 Å². The number of rotatable bonds is 7. The van der Waals surface area contributed by atoms with E-state index in [0.717, 1.165) is 31.7 Å². The molecule has 0 spiro atoms. The Bertz CT molecular complexity index is 915. The van der Waals surface area contributed by atoms with Crippen LogP contribution in [0.2, 0.25) is 5.02 Å². The first-order valence-electron chi connectivity index (χ1n) is 8.84. The number of hydrogen-bond donors (Lipinski definition) is 1. The zero-order valence-electron chi connectivity index (χ0n) is 15.4. The van der Waals surface area contributed by atoms with E-state index in [1.54, 1.807) is 25.1 Å². The molecule has 0 radical (unpaired) electrons. The van der Waals surface area contributed by atoms with Crippen LogP contribution >= 0.6 is 11.6 Å². The quantitative estimate of drug-likeness (QED) is 0.706. The number of nitrogens with one attached hydrogen (secondary N) is 1. The van der Waals surface area contributed by atoms with E-state index in [9.17, 15) is 8.42 Å². The monoisotopic (exact) mass is 410 g/mol. The maximum absolute atomic E-state index is 12.4. The molecule has 0 aliphatic carbocycles. The number of nitrogens with zero attached hydrogens (tertiary/aromatic N) is 3. The van der Waals surface area contributed by atoms with Gasteiger partial charge in [0.15, 0.2) is 0 Å². The Balaban J connectivity index is 1.59. The third kappa shape index (κ3) is 5.09. The van der Waals surface area contributed by atoms with Gasteiger partial charge in [-0.3, -0.25) is 0 Å². The predicted octanol–water partition coefficient (Wildman–Crippen LogP) is 2.70. The zero-order valence-corrected chi connectivity index (χ0v) is 17.0. The molecule has 0 bridgehead atoms. The van der Waals surface area contributed by atoms with Crippen molar-refractivity contribution in [3.63, 3.8) is 0 Å². The number of hydrogen-bond acceptors (Lipinski definition) is 6. The van der Waals surface area contributed by atoms with Gasteiger partial charge in [0.25, 0.3) is 0 Å². The molecule has 2 heterocycles. The van der Waals surface area contributed by atoms with Gasteiger partial charge in [0, 0.05) is 30.7 Å². The summed E-state index contributed by atoms with van der Waals surface area (Å²) in [6.07, 6.45) is 2.31. The fraction of sp³-hybridized carbons (Fsp3) is 0.444. The van der Waals surface area contributed by atoms with Gasteiger partial charge < -0.3 is 9.64 Å². The van der Waals surface area contributed by atoms with Crippen LogP contribution in [-0.4, -0.2) is 44.6 Å². The molecule has 3 rings (SSSR count). The van der Waals surface area contributed by atoms with Gasteiger partial charge in [-0.1, -0.05) is 17.7 Å². The Labute approximate surface area is 164 Å². The number of ether oxygens (including phenoxy) is 1. The van der Waals surface area contributed by atoms with E-state index in [-0.39, 0.29) is 18.0 Å². The van der Waals surface area contributed by atoms with E-state index >= 15 is 0 Å². The van der Waals surface area contributed by atoms with Crippen molar-refractivity contribution >= 4 is 27.4 Å². The first-order chi connectivity index (χ1) is 12.8. The molecule has 1 aliphatic rings. The standard InChI is InChI=1S/C18H23ClN4O3S/c1-13-5-6-15(19)11-16(13)27(24,25)20-7-10-26-18-12-17(21-14(2)22-18)23-8-3-4-9-23/h5-6,11-12,20H,3-4,7-10H2,1-2H3. The van der Waals surface area contributed by atoms with Gasteiger partial charge in [0.1, 0.15) is 18.2 Å². The summed E-state index contributed by atoms with van der Waals surface area (Å²) in [5.41, 5.74) is 0.634. The summed E-state index contributed by atoms with van der Waals surface area (Å²) in [7, 11) is -3.65. The largest absolute Gasteiger partial charge is 0.476 e. The van der Waals surface area contributed by atoms with Crippen LogP contribution in [0, 0.1) is 13.8 Å². The van der Waals surface area contributed by atoms with Crippen LogP contribution in [0.1, 0.15) is 24.2 Å². The van der Waals surface area contributed by atoms with Crippen molar-refractivity contribution < 1.29 is 13.2 Å². The Morgan fingerprint density at radius 1 is 1.19 bits per heavy atom. The summed E-state index contributed by atoms with van der Waals surface area (Å²) < 4.78 is 33.1. The van der Waals surface area contributed by atoms with Crippen LogP contribution in [0.5, 0.6) is 5.88 Å². The van der Waals surface area contributed by atoms with E-state index in [1.165, 1.54) is 6.07 Å². The smallest absolute Gasteiger partial charge is 0.240 e. The molecule has 2 aromatic rings. The lowest BCUT2D eigenvalue weighted by molar-refractivity contribution is 0.309. The number of benzene rings is 1. The summed E-state index contributed by atoms with van der Waals surface area (Å²) in [6.45, 7) is 5.79. The molecular formula is C18H23ClN4O3S. The van der Waals surface area contributed by atoms with Crippen molar-refractivity contribution in [2.24, 2.45) is 0 Å². The minimum absolute atomic E-state index is 0.121. The third-order valence-electron chi connectivity index (χ3n) is 4.31. The highest BCUT2D eigenvalue weighted by molar-refractivity contribution is 7.89. The Morgan fingerprint density at radius 2 is 1.93 bits per heavy atom. The number of halogens is 1. The van der Waals surface area contributed by atoms with Crippen molar-refractivity contribution in [2.45, 2.75) is 31.6 Å². The molecule has 1 fully saturated rings. The van der Waals surface area contributed by atoms with Gasteiger partial charge in [-0.25, -0.2) is 18.1 Å². The predicted molar refractivity (Wildman–Crippen MR) is 105 cm³/mol. The number of aryl methyl sites for hydroxylation is 2. The molecule has 146 valence electrons. The summed E-state index contributed by atoms with van der Waals surface area (Å²) >= 11 is 5.91. The lowest BCUT2D eigenvalue weighted by atomic mass is 10.2. The van der Waals surface area contributed by atoms with Crippen molar-refractivity contribution in [1.29, 1.82) is 0 Å². The SMILES string of the molecule is Cc1nc(OCCNS(=O)(=O)c2cc(Cl)ccc2C)cc(N2CCCC2)n1. The molecule has 0 amide bonds. The maximum Gasteiger partial charge on any atom is 0.240 e. The Morgan fingerprint density at radius 3 is 2.67 bits per heavy atom. The van der Waals surface area contributed by atoms with E-state index in [4.69, 9.17) is 16.3 Å². The Kier molecular flexibility index (Phi) is 6.18. The molecule has 7 nitrogen and oxygen atoms in total. The van der Waals surface area contributed by atoms with Gasteiger partial charge in [-0.2, -0.15) is 4.98 Å². The average molecular weight is 411 g/mol. The van der Waals surface area contributed by atoms with Crippen LogP contribution in [0.25, 0.3) is 0 Å². The summed E-state index contributed by atoms with van der Waals surface area (Å²) in [6, 6.07) is 6.58. The lowest BCUT2D eigenvalue weighted by Gasteiger charge is -2.17. The third-order valence-corrected chi connectivity index (χ3v) is 6.15. The van der Waals surface area contributed by atoms with E-state index < -0.39 is 10.0 Å². The molecule has 1 aromatic heterocycles. The van der Waals surface area contributed by atoms with Gasteiger partial charge in [-0.15, -0.1) is 0 Å². The van der Waals surface area contributed by atoms with E-state index in [0.29, 0.717) is 22.3 Å². The Hall–Kier alpha value is -1.90. The highest BCUT2D eigenvalue weighted by Gasteiger charge is 2.18. The van der Waals surface area contributed by atoms with Crippen LogP contribution in [0.4, 0.5) is 5.82 Å². The molecule has 9 heteroatoms. The molecule has 0 saturated carbocycles. The molecule has 1 saturated heterocycles. The van der Waals surface area contributed by atoms with Gasteiger partial charge in [0.2, 0.25) is 15.9 Å². The summed E-state index contributed by atoms with van der Waals surface area (Å²) in [5, 5.41) is 0.378. The highest BCUT2D eigenvalue weighted by atomic mass is 35.5. The number of anilines is 1. The second-order valence-electron chi connectivity index (χ2n) is 6.46. The van der Waals surface area contributed by atoms with Crippen molar-refractivity contribution in [2.75, 3.05) is 31.1 Å². The van der Waals surface area contributed by atoms with Gasteiger partial charge in [0.05, 0.1) is 4.90 Å². The molecule has 1 N–H and O–H groups in total. The van der Waals surface area contributed by atoms with Crippen molar-refractivity contribution in [1.82, 2.24) is 14.7 Å². The van der Waals surface area contributed by atoms with E-state index in [2.05, 4.69) is 19.6 Å². The summed E-state index contributed by atoms with van der Waals surface area (Å²) in [4.78, 5) is 11.1. The van der Waals surface area contributed by atoms with Crippen LogP contribution in [-0.2, 0) is 10.0 Å². The fourth-order valence-corrected chi connectivity index (χ4v) is 4.50. The molecule has 27 heavy (non-hydrogen) atoms. The molecular weight excluding hydrogens is 388 g/mol. The second-order valence-corrected chi connectivity index (χ2v) is 8.63. The first kappa shape index (κ1) is 19.9. The number of aromatic nitrogens is 2. The molecule has 1 aliphatic heterocycles. The lowest BCUT2D eigenvalue weighted by Crippen LogP contribution is -2.29. The molecule has 0 atom stereocenters. The van der Waals surface area contributed by atoms with E-state index in [1.807, 2.05) is 6.92 Å². The van der Waals surface area contributed by atoms with Crippen molar-refractivity contribution in [3.05, 3.63) is 40.7 Å². The van der Waals surface area contributed by atoms with Gasteiger partial charge in [-0.05, 0) is 44.4 Å². The van der Waals surface area contributed by atoms with Crippen LogP contribution in [0.3, 0.4) is 0 Å². The fourth-order valence-electron chi connectivity index (χ4n) is 2.98. The molecule has 1 aromatic carbocycles. The normalized spacial score (nSPS) is 14.6. The summed E-state index contributed by atoms with van der Waals surface area (Å²) in [5.74, 6) is 1.93. The maximum atomic E-state index is 12.4. The highest BCUT2D eigenvalue weighted by Crippen LogP contribution is 2.22. The minimum Gasteiger partial charge on any atom is -0.476 e. The van der Waals surface area contributed by atoms with Crippen LogP contribution < -0.4 is 14.4 Å². The number of sulfonamides is 1. The average Bonchev–Trinajstić information content (AvgIpc) is 3.15. The molecule has 0 unspecified atom stereocenters.